The third-order valence-electron chi connectivity index (χ3n) is 21.9. The van der Waals surface area contributed by atoms with Gasteiger partial charge in [0.25, 0.3) is 0 Å². The Morgan fingerprint density at radius 2 is 0.846 bits per heavy atom. The van der Waals surface area contributed by atoms with Crippen molar-refractivity contribution >= 4 is 33.4 Å². The number of hydrogen-bond acceptors (Lipinski definition) is 15. The van der Waals surface area contributed by atoms with Gasteiger partial charge in [0.1, 0.15) is 107 Å². The van der Waals surface area contributed by atoms with Crippen molar-refractivity contribution in [1.29, 1.82) is 0 Å². The largest absolute Gasteiger partial charge is 0.508 e. The first-order valence-electron chi connectivity index (χ1n) is 37.1. The molecular formula is C89H93N3O12. The number of fused-ring (bicyclic) bond motifs is 3. The van der Waals surface area contributed by atoms with Crippen LogP contribution in [-0.2, 0) is 0 Å². The first-order chi connectivity index (χ1) is 50.5. The molecule has 0 spiro atoms. The molecule has 0 amide bonds. The van der Waals surface area contributed by atoms with E-state index >= 15 is 0 Å². The van der Waals surface area contributed by atoms with E-state index in [2.05, 4.69) is 59.7 Å². The number of likely N-dealkylation sites (tertiary alicyclic amines) is 3. The van der Waals surface area contributed by atoms with Gasteiger partial charge >= 0.3 is 0 Å². The summed E-state index contributed by atoms with van der Waals surface area (Å²) in [4.78, 5) is 7.41. The second kappa shape index (κ2) is 30.2. The smallest absolute Gasteiger partial charge is 0.150 e. The molecule has 6 N–H and O–H groups in total. The zero-order valence-electron chi connectivity index (χ0n) is 60.0. The Bertz CT molecular complexity index is 4770. The zero-order chi connectivity index (χ0) is 71.7. The molecule has 0 bridgehead atoms. The van der Waals surface area contributed by atoms with Gasteiger partial charge in [0, 0.05) is 82.3 Å². The van der Waals surface area contributed by atoms with Gasteiger partial charge in [-0.25, -0.2) is 0 Å². The van der Waals surface area contributed by atoms with E-state index in [0.717, 1.165) is 162 Å². The molecule has 0 aliphatic carbocycles. The predicted octanol–water partition coefficient (Wildman–Crippen LogP) is 18.7. The minimum absolute atomic E-state index is 0.00849. The second-order valence-corrected chi connectivity index (χ2v) is 29.2. The zero-order valence-corrected chi connectivity index (χ0v) is 60.0. The van der Waals surface area contributed by atoms with Crippen LogP contribution < -0.4 is 28.4 Å². The summed E-state index contributed by atoms with van der Waals surface area (Å²) < 4.78 is 41.5. The SMILES string of the molecule is CC1=C(c2cc(O)cc(-c3cc(C4Oc5cc(O)ccc5C(C)=C4c4cc(O)cc(-c5cc(C6Oc7ccc(O)cc7C(C)=C6c6cccc(O)c6)ccc5OCCN5CCCCCCC5)c4)ccc3OCCN3CCCC3)c2)C(c2ccc(OCC(C)N3CCC(C)C3)cc2)Oc2cc(O)ccc21. The quantitative estimate of drug-likeness (QED) is 0.0423. The molecule has 536 valence electrons. The maximum atomic E-state index is 12.4. The van der Waals surface area contributed by atoms with E-state index in [0.29, 0.717) is 82.3 Å². The monoisotopic (exact) mass is 1400 g/mol. The molecule has 3 fully saturated rings. The topological polar surface area (TPSA) is 186 Å². The van der Waals surface area contributed by atoms with Crippen molar-refractivity contribution in [2.24, 2.45) is 5.92 Å². The summed E-state index contributed by atoms with van der Waals surface area (Å²) >= 11 is 0. The average molecular weight is 1400 g/mol. The number of rotatable bonds is 20. The lowest BCUT2D eigenvalue weighted by Crippen LogP contribution is -2.35. The number of phenols is 6. The van der Waals surface area contributed by atoms with Gasteiger partial charge in [-0.1, -0.05) is 62.6 Å². The van der Waals surface area contributed by atoms with Crippen molar-refractivity contribution in [3.05, 3.63) is 226 Å². The summed E-state index contributed by atoms with van der Waals surface area (Å²) in [5.74, 6) is 4.66. The van der Waals surface area contributed by atoms with Gasteiger partial charge in [-0.3, -0.25) is 14.7 Å². The molecule has 6 aliphatic rings. The molecule has 5 unspecified atom stereocenters. The lowest BCUT2D eigenvalue weighted by Gasteiger charge is -2.32. The third kappa shape index (κ3) is 14.8. The van der Waals surface area contributed by atoms with Crippen LogP contribution in [0.4, 0.5) is 0 Å². The number of ether oxygens (including phenoxy) is 6. The highest BCUT2D eigenvalue weighted by Gasteiger charge is 2.36. The van der Waals surface area contributed by atoms with E-state index in [-0.39, 0.29) is 40.5 Å². The van der Waals surface area contributed by atoms with Crippen LogP contribution in [0.25, 0.3) is 55.7 Å². The summed E-state index contributed by atoms with van der Waals surface area (Å²) in [6.07, 6.45) is 7.30. The molecular weight excluding hydrogens is 1300 g/mol. The normalized spacial score (nSPS) is 19.6. The van der Waals surface area contributed by atoms with E-state index in [4.69, 9.17) is 28.4 Å². The highest BCUT2D eigenvalue weighted by molar-refractivity contribution is 6.00. The van der Waals surface area contributed by atoms with Crippen LogP contribution in [0.3, 0.4) is 0 Å². The summed E-state index contributed by atoms with van der Waals surface area (Å²) in [5, 5.41) is 68.3. The molecule has 15 nitrogen and oxygen atoms in total. The van der Waals surface area contributed by atoms with Crippen LogP contribution in [0.15, 0.2) is 176 Å². The number of benzene rings is 9. The molecule has 15 heteroatoms. The molecule has 6 aliphatic heterocycles. The molecule has 3 saturated heterocycles. The Balaban J connectivity index is 0.834. The number of hydrogen-bond donors (Lipinski definition) is 6. The minimum atomic E-state index is -0.839. The minimum Gasteiger partial charge on any atom is -0.508 e. The van der Waals surface area contributed by atoms with Crippen molar-refractivity contribution in [2.75, 3.05) is 72.2 Å². The molecule has 9 aromatic carbocycles. The molecule has 6 heterocycles. The van der Waals surface area contributed by atoms with Crippen molar-refractivity contribution in [3.63, 3.8) is 0 Å². The molecule has 0 aromatic heterocycles. The summed E-state index contributed by atoms with van der Waals surface area (Å²) in [6.45, 7) is 19.7. The van der Waals surface area contributed by atoms with Crippen LogP contribution in [0.2, 0.25) is 0 Å². The molecule has 5 atom stereocenters. The summed E-state index contributed by atoms with van der Waals surface area (Å²) in [7, 11) is 0. The van der Waals surface area contributed by atoms with Crippen LogP contribution in [0.1, 0.15) is 154 Å². The average Bonchev–Trinajstić information content (AvgIpc) is 0.798. The van der Waals surface area contributed by atoms with Gasteiger partial charge in [0.05, 0.1) is 0 Å². The van der Waals surface area contributed by atoms with Crippen LogP contribution in [0, 0.1) is 5.92 Å². The fourth-order valence-corrected chi connectivity index (χ4v) is 16.3. The van der Waals surface area contributed by atoms with Gasteiger partial charge in [-0.15, -0.1) is 0 Å². The van der Waals surface area contributed by atoms with Crippen molar-refractivity contribution in [2.45, 2.75) is 110 Å². The Kier molecular flexibility index (Phi) is 20.1. The van der Waals surface area contributed by atoms with Crippen LogP contribution in [-0.4, -0.2) is 124 Å². The second-order valence-electron chi connectivity index (χ2n) is 29.2. The lowest BCUT2D eigenvalue weighted by molar-refractivity contribution is 0.169. The van der Waals surface area contributed by atoms with Crippen LogP contribution >= 0.6 is 0 Å². The highest BCUT2D eigenvalue weighted by atomic mass is 16.5. The number of aromatic hydroxyl groups is 6. The molecule has 15 rings (SSSR count). The fourth-order valence-electron chi connectivity index (χ4n) is 16.3. The number of phenolic OH excluding ortho intramolecular Hbond substituents is 6. The van der Waals surface area contributed by atoms with Crippen LogP contribution in [0.5, 0.6) is 69.0 Å². The van der Waals surface area contributed by atoms with E-state index < -0.39 is 18.3 Å². The van der Waals surface area contributed by atoms with Gasteiger partial charge < -0.3 is 59.1 Å². The first-order valence-corrected chi connectivity index (χ1v) is 37.1. The van der Waals surface area contributed by atoms with Gasteiger partial charge in [-0.2, -0.15) is 0 Å². The molecule has 0 radical (unpaired) electrons. The maximum Gasteiger partial charge on any atom is 0.150 e. The summed E-state index contributed by atoms with van der Waals surface area (Å²) in [5.41, 5.74) is 14.7. The Morgan fingerprint density at radius 3 is 1.38 bits per heavy atom. The van der Waals surface area contributed by atoms with Gasteiger partial charge in [0.15, 0.2) is 0 Å². The standard InChI is InChI=1S/C89H93N3O12/c1-54-30-35-92(52-54)55(2)53-101-73-23-16-59(17-24-73)87-85(56(3)74-25-20-69(95)50-82(74)103-87)65-40-63(43-71(97)45-65)78-48-62(19-28-80(78)100-39-37-91-33-11-12-34-91)89-86(57(4)75-26-21-70(96)51-83(75)104-89)66-41-64(44-72(98)46-66)77-47-61(18-27-79(77)99-38-36-90-31-9-7-6-8-10-32-90)88-84(60-14-13-15-67(93)42-60)58(5)76-49-68(94)22-29-81(76)102-88/h13-29,40-51,54-55,87-89,93-98H,6-12,30-39,52-53H2,1-5H3. The Hall–Kier alpha value is -10.3. The van der Waals surface area contributed by atoms with E-state index in [1.807, 2.05) is 86.6 Å². The van der Waals surface area contributed by atoms with Gasteiger partial charge in [-0.05, 0) is 287 Å². The molecule has 104 heavy (non-hydrogen) atoms. The third-order valence-corrected chi connectivity index (χ3v) is 21.9. The Labute approximate surface area is 609 Å². The highest BCUT2D eigenvalue weighted by Crippen LogP contribution is 2.54. The van der Waals surface area contributed by atoms with Crippen molar-refractivity contribution < 1.29 is 59.1 Å². The number of allylic oxidation sites excluding steroid dienone is 3. The van der Waals surface area contributed by atoms with Gasteiger partial charge in [0.2, 0.25) is 0 Å². The summed E-state index contributed by atoms with van der Waals surface area (Å²) in [6, 6.07) is 54.3. The van der Waals surface area contributed by atoms with E-state index in [9.17, 15) is 30.6 Å². The first kappa shape index (κ1) is 69.4. The fraction of sp³-hybridized carbons (Fsp3) is 0.326. The molecule has 9 aromatic rings. The lowest BCUT2D eigenvalue weighted by atomic mass is 9.83. The Morgan fingerprint density at radius 1 is 0.394 bits per heavy atom. The van der Waals surface area contributed by atoms with Crippen molar-refractivity contribution in [1.82, 2.24) is 14.7 Å². The maximum absolute atomic E-state index is 12.4. The van der Waals surface area contributed by atoms with Crippen molar-refractivity contribution in [3.8, 4) is 91.2 Å². The number of nitrogens with zero attached hydrogens (tertiary/aromatic N) is 3. The predicted molar refractivity (Wildman–Crippen MR) is 410 cm³/mol. The van der Waals surface area contributed by atoms with E-state index in [1.54, 1.807) is 78.9 Å². The van der Waals surface area contributed by atoms with E-state index in [1.165, 1.54) is 25.7 Å². The molecule has 0 saturated carbocycles.